The standard InChI is InChI=1S/C15H16FNO/c1-10-8-13(16)7-6-12(10)9-15(18)14-5-3-4-11(2)17-14/h3-8,15,18H,9H2,1-2H3. The third-order valence-electron chi connectivity index (χ3n) is 2.97. The molecule has 0 aliphatic carbocycles. The Hall–Kier alpha value is -1.74. The van der Waals surface area contributed by atoms with E-state index in [-0.39, 0.29) is 5.82 Å². The van der Waals surface area contributed by atoms with Gasteiger partial charge in [-0.3, -0.25) is 4.98 Å². The SMILES string of the molecule is Cc1cccc(C(O)Cc2ccc(F)cc2C)n1. The van der Waals surface area contributed by atoms with Gasteiger partial charge in [0.15, 0.2) is 0 Å². The topological polar surface area (TPSA) is 33.1 Å². The number of rotatable bonds is 3. The lowest BCUT2D eigenvalue weighted by Gasteiger charge is -2.12. The third kappa shape index (κ3) is 2.93. The van der Waals surface area contributed by atoms with E-state index in [0.29, 0.717) is 12.1 Å². The van der Waals surface area contributed by atoms with E-state index in [1.54, 1.807) is 12.1 Å². The van der Waals surface area contributed by atoms with E-state index in [0.717, 1.165) is 16.8 Å². The Kier molecular flexibility index (Phi) is 3.72. The maximum Gasteiger partial charge on any atom is 0.123 e. The summed E-state index contributed by atoms with van der Waals surface area (Å²) < 4.78 is 13.0. The van der Waals surface area contributed by atoms with Crippen molar-refractivity contribution in [3.63, 3.8) is 0 Å². The number of aliphatic hydroxyl groups excluding tert-OH is 1. The molecule has 0 saturated carbocycles. The quantitative estimate of drug-likeness (QED) is 0.901. The molecule has 1 N–H and O–H groups in total. The van der Waals surface area contributed by atoms with Gasteiger partial charge in [0, 0.05) is 12.1 Å². The largest absolute Gasteiger partial charge is 0.386 e. The van der Waals surface area contributed by atoms with Crippen molar-refractivity contribution in [3.05, 3.63) is 64.7 Å². The highest BCUT2D eigenvalue weighted by molar-refractivity contribution is 5.28. The molecule has 1 heterocycles. The second kappa shape index (κ2) is 5.27. The van der Waals surface area contributed by atoms with Gasteiger partial charge in [0.2, 0.25) is 0 Å². The molecular weight excluding hydrogens is 229 g/mol. The Morgan fingerprint density at radius 2 is 2.00 bits per heavy atom. The summed E-state index contributed by atoms with van der Waals surface area (Å²) in [5, 5.41) is 10.1. The molecule has 0 bridgehead atoms. The Bertz CT molecular complexity index is 554. The zero-order valence-electron chi connectivity index (χ0n) is 10.5. The summed E-state index contributed by atoms with van der Waals surface area (Å²) in [6.07, 6.45) is -0.211. The number of aliphatic hydroxyl groups is 1. The third-order valence-corrected chi connectivity index (χ3v) is 2.97. The van der Waals surface area contributed by atoms with Crippen LogP contribution in [0.1, 0.15) is 28.6 Å². The van der Waals surface area contributed by atoms with E-state index in [4.69, 9.17) is 0 Å². The van der Waals surface area contributed by atoms with Crippen molar-refractivity contribution >= 4 is 0 Å². The lowest BCUT2D eigenvalue weighted by Crippen LogP contribution is -2.06. The first-order chi connectivity index (χ1) is 8.56. The second-order valence-corrected chi connectivity index (χ2v) is 4.49. The zero-order valence-corrected chi connectivity index (χ0v) is 10.5. The molecule has 3 heteroatoms. The minimum atomic E-state index is -0.658. The van der Waals surface area contributed by atoms with Crippen molar-refractivity contribution in [2.24, 2.45) is 0 Å². The molecular formula is C15H16FNO. The summed E-state index contributed by atoms with van der Waals surface area (Å²) >= 11 is 0. The van der Waals surface area contributed by atoms with Gasteiger partial charge in [-0.1, -0.05) is 12.1 Å². The van der Waals surface area contributed by atoms with Gasteiger partial charge >= 0.3 is 0 Å². The maximum atomic E-state index is 13.0. The first-order valence-electron chi connectivity index (χ1n) is 5.93. The van der Waals surface area contributed by atoms with Crippen LogP contribution in [0, 0.1) is 19.7 Å². The summed E-state index contributed by atoms with van der Waals surface area (Å²) in [6, 6.07) is 10.2. The Balaban J connectivity index is 2.18. The average Bonchev–Trinajstić information content (AvgIpc) is 2.32. The fourth-order valence-corrected chi connectivity index (χ4v) is 1.95. The second-order valence-electron chi connectivity index (χ2n) is 4.49. The van der Waals surface area contributed by atoms with E-state index in [2.05, 4.69) is 4.98 Å². The molecule has 2 rings (SSSR count). The number of hydrogen-bond donors (Lipinski definition) is 1. The Labute approximate surface area is 106 Å². The van der Waals surface area contributed by atoms with Gasteiger partial charge in [-0.15, -0.1) is 0 Å². The summed E-state index contributed by atoms with van der Waals surface area (Å²) in [7, 11) is 0. The number of nitrogens with zero attached hydrogens (tertiary/aromatic N) is 1. The molecule has 2 nitrogen and oxygen atoms in total. The number of benzene rings is 1. The molecule has 0 saturated heterocycles. The first-order valence-corrected chi connectivity index (χ1v) is 5.93. The monoisotopic (exact) mass is 245 g/mol. The van der Waals surface area contributed by atoms with Crippen LogP contribution in [0.15, 0.2) is 36.4 Å². The fraction of sp³-hybridized carbons (Fsp3) is 0.267. The maximum absolute atomic E-state index is 13.0. The van der Waals surface area contributed by atoms with E-state index in [1.807, 2.05) is 26.0 Å². The minimum absolute atomic E-state index is 0.251. The number of hydrogen-bond acceptors (Lipinski definition) is 2. The minimum Gasteiger partial charge on any atom is -0.386 e. The number of pyridine rings is 1. The molecule has 1 aromatic carbocycles. The van der Waals surface area contributed by atoms with Crippen LogP contribution in [-0.2, 0) is 6.42 Å². The fourth-order valence-electron chi connectivity index (χ4n) is 1.95. The normalized spacial score (nSPS) is 12.4. The zero-order chi connectivity index (χ0) is 13.1. The summed E-state index contributed by atoms with van der Waals surface area (Å²) in [5.74, 6) is -0.251. The van der Waals surface area contributed by atoms with E-state index in [1.165, 1.54) is 12.1 Å². The van der Waals surface area contributed by atoms with Crippen molar-refractivity contribution in [2.45, 2.75) is 26.4 Å². The van der Waals surface area contributed by atoms with Crippen molar-refractivity contribution in [1.82, 2.24) is 4.98 Å². The molecule has 18 heavy (non-hydrogen) atoms. The van der Waals surface area contributed by atoms with Crippen LogP contribution < -0.4 is 0 Å². The van der Waals surface area contributed by atoms with Gasteiger partial charge < -0.3 is 5.11 Å². The molecule has 0 spiro atoms. The molecule has 0 amide bonds. The van der Waals surface area contributed by atoms with Crippen molar-refractivity contribution in [2.75, 3.05) is 0 Å². The smallest absolute Gasteiger partial charge is 0.123 e. The molecule has 1 unspecified atom stereocenters. The molecule has 2 aromatic rings. The highest BCUT2D eigenvalue weighted by Crippen LogP contribution is 2.19. The van der Waals surface area contributed by atoms with E-state index in [9.17, 15) is 9.50 Å². The summed E-state index contributed by atoms with van der Waals surface area (Å²) in [4.78, 5) is 4.29. The van der Waals surface area contributed by atoms with Crippen LogP contribution in [0.2, 0.25) is 0 Å². The average molecular weight is 245 g/mol. The van der Waals surface area contributed by atoms with Crippen LogP contribution in [0.4, 0.5) is 4.39 Å². The van der Waals surface area contributed by atoms with Crippen molar-refractivity contribution in [3.8, 4) is 0 Å². The molecule has 1 aromatic heterocycles. The molecule has 0 aliphatic heterocycles. The van der Waals surface area contributed by atoms with Gasteiger partial charge in [0.25, 0.3) is 0 Å². The number of halogens is 1. The van der Waals surface area contributed by atoms with Gasteiger partial charge in [0.05, 0.1) is 11.8 Å². The summed E-state index contributed by atoms with van der Waals surface area (Å²) in [5.41, 5.74) is 3.31. The Morgan fingerprint density at radius 3 is 2.67 bits per heavy atom. The van der Waals surface area contributed by atoms with Crippen LogP contribution in [-0.4, -0.2) is 10.1 Å². The van der Waals surface area contributed by atoms with Gasteiger partial charge in [-0.05, 0) is 49.2 Å². The van der Waals surface area contributed by atoms with Crippen LogP contribution in [0.25, 0.3) is 0 Å². The highest BCUT2D eigenvalue weighted by atomic mass is 19.1. The predicted molar refractivity (Wildman–Crippen MR) is 68.8 cm³/mol. The van der Waals surface area contributed by atoms with Crippen LogP contribution in [0.5, 0.6) is 0 Å². The predicted octanol–water partition coefficient (Wildman–Crippen LogP) is 3.11. The number of aryl methyl sites for hydroxylation is 2. The molecule has 0 aliphatic rings. The lowest BCUT2D eigenvalue weighted by atomic mass is 10.0. The number of aromatic nitrogens is 1. The highest BCUT2D eigenvalue weighted by Gasteiger charge is 2.11. The van der Waals surface area contributed by atoms with Gasteiger partial charge in [-0.25, -0.2) is 4.39 Å². The van der Waals surface area contributed by atoms with Gasteiger partial charge in [-0.2, -0.15) is 0 Å². The van der Waals surface area contributed by atoms with Crippen molar-refractivity contribution in [1.29, 1.82) is 0 Å². The van der Waals surface area contributed by atoms with E-state index >= 15 is 0 Å². The van der Waals surface area contributed by atoms with Crippen LogP contribution in [0.3, 0.4) is 0 Å². The molecule has 1 atom stereocenters. The Morgan fingerprint density at radius 1 is 1.22 bits per heavy atom. The summed E-state index contributed by atoms with van der Waals surface area (Å²) in [6.45, 7) is 3.73. The molecule has 94 valence electrons. The first kappa shape index (κ1) is 12.7. The lowest BCUT2D eigenvalue weighted by molar-refractivity contribution is 0.173. The van der Waals surface area contributed by atoms with Crippen molar-refractivity contribution < 1.29 is 9.50 Å². The molecule has 0 radical (unpaired) electrons. The van der Waals surface area contributed by atoms with E-state index < -0.39 is 6.10 Å². The van der Waals surface area contributed by atoms with Gasteiger partial charge in [0.1, 0.15) is 5.82 Å². The molecule has 0 fully saturated rings. The van der Waals surface area contributed by atoms with Crippen LogP contribution >= 0.6 is 0 Å².